The number of ether oxygens (including phenoxy) is 2. The van der Waals surface area contributed by atoms with Crippen LogP contribution >= 0.6 is 0 Å². The van der Waals surface area contributed by atoms with Gasteiger partial charge in [0.25, 0.3) is 5.91 Å². The van der Waals surface area contributed by atoms with Gasteiger partial charge in [-0.2, -0.15) is 0 Å². The van der Waals surface area contributed by atoms with Crippen LogP contribution in [0.5, 0.6) is 11.5 Å². The Morgan fingerprint density at radius 1 is 1.16 bits per heavy atom. The van der Waals surface area contributed by atoms with Gasteiger partial charge in [0, 0.05) is 5.56 Å². The molecule has 3 atom stereocenters. The van der Waals surface area contributed by atoms with Crippen molar-refractivity contribution in [1.29, 1.82) is 0 Å². The van der Waals surface area contributed by atoms with E-state index in [1.165, 1.54) is 24.5 Å². The van der Waals surface area contributed by atoms with E-state index in [9.17, 15) is 19.5 Å². The second-order valence-corrected chi connectivity index (χ2v) is 8.90. The van der Waals surface area contributed by atoms with Gasteiger partial charge in [0.1, 0.15) is 24.1 Å². The first-order valence-corrected chi connectivity index (χ1v) is 12.2. The Labute approximate surface area is 220 Å². The number of benzene rings is 2. The lowest BCUT2D eigenvalue weighted by Crippen LogP contribution is -2.45. The molecule has 1 heterocycles. The first-order chi connectivity index (χ1) is 18.2. The predicted molar refractivity (Wildman–Crippen MR) is 141 cm³/mol. The third kappa shape index (κ3) is 7.56. The first kappa shape index (κ1) is 28.2. The summed E-state index contributed by atoms with van der Waals surface area (Å²) in [6.45, 7) is 3.70. The van der Waals surface area contributed by atoms with Crippen molar-refractivity contribution in [3.05, 3.63) is 71.8 Å². The number of amides is 2. The van der Waals surface area contributed by atoms with Crippen LogP contribution in [0.4, 0.5) is 5.69 Å². The van der Waals surface area contributed by atoms with Gasteiger partial charge in [-0.1, -0.05) is 32.4 Å². The molecular formula is C27H33N5O6. The summed E-state index contributed by atoms with van der Waals surface area (Å²) in [4.78, 5) is 44.3. The molecule has 0 unspecified atom stereocenters. The molecule has 0 saturated carbocycles. The van der Waals surface area contributed by atoms with Gasteiger partial charge in [-0.3, -0.25) is 9.59 Å². The number of carboxylic acids is 1. The molecule has 3 aromatic rings. The number of carbonyl (C=O) groups excluding carboxylic acids is 2. The maximum atomic E-state index is 12.9. The summed E-state index contributed by atoms with van der Waals surface area (Å²) >= 11 is 0. The number of nitrogens with one attached hydrogen (secondary N) is 3. The molecule has 0 saturated heterocycles. The average Bonchev–Trinajstić information content (AvgIpc) is 3.44. The third-order valence-corrected chi connectivity index (χ3v) is 6.16. The van der Waals surface area contributed by atoms with E-state index in [1.54, 1.807) is 32.4 Å². The summed E-state index contributed by atoms with van der Waals surface area (Å²) in [5.74, 6) is -1.47. The number of aromatic nitrogens is 2. The number of carboxylic acid groups (broad SMARTS) is 1. The van der Waals surface area contributed by atoms with E-state index < -0.39 is 29.9 Å². The van der Waals surface area contributed by atoms with Crippen molar-refractivity contribution in [3.8, 4) is 11.5 Å². The van der Waals surface area contributed by atoms with Crippen molar-refractivity contribution in [3.63, 3.8) is 0 Å². The predicted octanol–water partition coefficient (Wildman–Crippen LogP) is 2.73. The SMILES string of the molecule is CC[C@H](C)[C@H](NC(=O)c1ccc(NC(=O)[C@@H](N)Cc2ccc(OC)cc2)c(OCc2cnc[nH]2)c1)C(=O)O. The van der Waals surface area contributed by atoms with Crippen LogP contribution in [0, 0.1) is 5.92 Å². The van der Waals surface area contributed by atoms with Crippen LogP contribution in [0.1, 0.15) is 41.9 Å². The molecule has 0 aliphatic rings. The molecular weight excluding hydrogens is 490 g/mol. The van der Waals surface area contributed by atoms with Gasteiger partial charge in [-0.05, 0) is 48.2 Å². The molecule has 1 aromatic heterocycles. The van der Waals surface area contributed by atoms with E-state index in [-0.39, 0.29) is 23.8 Å². The Morgan fingerprint density at radius 2 is 1.89 bits per heavy atom. The number of nitrogens with two attached hydrogens (primary N) is 1. The summed E-state index contributed by atoms with van der Waals surface area (Å²) in [5.41, 5.74) is 8.19. The Balaban J connectivity index is 1.78. The summed E-state index contributed by atoms with van der Waals surface area (Å²) < 4.78 is 11.0. The van der Waals surface area contributed by atoms with E-state index in [4.69, 9.17) is 15.2 Å². The van der Waals surface area contributed by atoms with Crippen molar-refractivity contribution in [2.75, 3.05) is 12.4 Å². The highest BCUT2D eigenvalue weighted by Gasteiger charge is 2.26. The van der Waals surface area contributed by atoms with Crippen LogP contribution in [0.25, 0.3) is 0 Å². The second kappa shape index (κ2) is 13.2. The van der Waals surface area contributed by atoms with E-state index in [0.717, 1.165) is 5.56 Å². The maximum absolute atomic E-state index is 12.9. The molecule has 202 valence electrons. The number of H-pyrrole nitrogens is 1. The van der Waals surface area contributed by atoms with Crippen molar-refractivity contribution in [2.24, 2.45) is 11.7 Å². The van der Waals surface area contributed by atoms with Crippen LogP contribution in [0.15, 0.2) is 55.0 Å². The van der Waals surface area contributed by atoms with Gasteiger partial charge in [-0.25, -0.2) is 9.78 Å². The van der Waals surface area contributed by atoms with Gasteiger partial charge >= 0.3 is 5.97 Å². The number of imidazole rings is 1. The van der Waals surface area contributed by atoms with Gasteiger partial charge in [0.15, 0.2) is 0 Å². The highest BCUT2D eigenvalue weighted by Crippen LogP contribution is 2.27. The lowest BCUT2D eigenvalue weighted by molar-refractivity contribution is -0.140. The molecule has 2 aromatic carbocycles. The fourth-order valence-corrected chi connectivity index (χ4v) is 3.65. The summed E-state index contributed by atoms with van der Waals surface area (Å²) in [5, 5.41) is 14.9. The highest BCUT2D eigenvalue weighted by molar-refractivity contribution is 6.00. The number of hydrogen-bond acceptors (Lipinski definition) is 7. The molecule has 0 fully saturated rings. The topological polar surface area (TPSA) is 169 Å². The van der Waals surface area contributed by atoms with Crippen LogP contribution in [-0.2, 0) is 22.6 Å². The molecule has 0 radical (unpaired) electrons. The molecule has 11 nitrogen and oxygen atoms in total. The number of nitrogens with zero attached hydrogens (tertiary/aromatic N) is 1. The van der Waals surface area contributed by atoms with Crippen LogP contribution in [0.3, 0.4) is 0 Å². The number of rotatable bonds is 13. The van der Waals surface area contributed by atoms with E-state index in [2.05, 4.69) is 20.6 Å². The molecule has 2 amide bonds. The zero-order valence-electron chi connectivity index (χ0n) is 21.6. The molecule has 0 spiro atoms. The Morgan fingerprint density at radius 3 is 2.50 bits per heavy atom. The van der Waals surface area contributed by atoms with Crippen molar-refractivity contribution in [1.82, 2.24) is 15.3 Å². The average molecular weight is 524 g/mol. The van der Waals surface area contributed by atoms with Gasteiger partial charge in [-0.15, -0.1) is 0 Å². The van der Waals surface area contributed by atoms with Crippen LogP contribution < -0.4 is 25.8 Å². The quantitative estimate of drug-likeness (QED) is 0.228. The lowest BCUT2D eigenvalue weighted by Gasteiger charge is -2.21. The number of aromatic amines is 1. The van der Waals surface area contributed by atoms with Crippen molar-refractivity contribution >= 4 is 23.5 Å². The fourth-order valence-electron chi connectivity index (χ4n) is 3.65. The van der Waals surface area contributed by atoms with Gasteiger partial charge in [0.05, 0.1) is 37.1 Å². The van der Waals surface area contributed by atoms with Crippen LogP contribution in [0.2, 0.25) is 0 Å². The number of hydrogen-bond donors (Lipinski definition) is 5. The van der Waals surface area contributed by atoms with Gasteiger partial charge < -0.3 is 35.9 Å². The summed E-state index contributed by atoms with van der Waals surface area (Å²) in [6, 6.07) is 9.82. The summed E-state index contributed by atoms with van der Waals surface area (Å²) in [7, 11) is 1.57. The first-order valence-electron chi connectivity index (χ1n) is 12.2. The lowest BCUT2D eigenvalue weighted by atomic mass is 9.99. The van der Waals surface area contributed by atoms with Crippen molar-refractivity contribution in [2.45, 2.75) is 45.4 Å². The molecule has 0 bridgehead atoms. The largest absolute Gasteiger partial charge is 0.497 e. The van der Waals surface area contributed by atoms with E-state index in [1.807, 2.05) is 19.1 Å². The molecule has 6 N–H and O–H groups in total. The molecule has 38 heavy (non-hydrogen) atoms. The van der Waals surface area contributed by atoms with Gasteiger partial charge in [0.2, 0.25) is 5.91 Å². The normalized spacial score (nSPS) is 13.2. The minimum Gasteiger partial charge on any atom is -0.497 e. The van der Waals surface area contributed by atoms with Crippen LogP contribution in [-0.4, -0.2) is 52.1 Å². The van der Waals surface area contributed by atoms with E-state index >= 15 is 0 Å². The minimum atomic E-state index is -1.11. The number of aliphatic carboxylic acids is 1. The van der Waals surface area contributed by atoms with E-state index in [0.29, 0.717) is 30.0 Å². The Bertz CT molecular complexity index is 1230. The monoisotopic (exact) mass is 523 g/mol. The van der Waals surface area contributed by atoms with Crippen molar-refractivity contribution < 1.29 is 29.0 Å². The molecule has 3 rings (SSSR count). The number of anilines is 1. The molecule has 0 aliphatic carbocycles. The summed E-state index contributed by atoms with van der Waals surface area (Å²) in [6.07, 6.45) is 3.97. The number of carbonyl (C=O) groups is 3. The Hall–Kier alpha value is -4.38. The fraction of sp³-hybridized carbons (Fsp3) is 0.333. The zero-order chi connectivity index (χ0) is 27.7. The second-order valence-electron chi connectivity index (χ2n) is 8.90. The Kier molecular flexibility index (Phi) is 9.83. The molecule has 11 heteroatoms. The smallest absolute Gasteiger partial charge is 0.326 e. The number of methoxy groups -OCH3 is 1. The zero-order valence-corrected chi connectivity index (χ0v) is 21.6. The standard InChI is InChI=1S/C27H33N5O6/c1-4-16(2)24(27(35)36)32-25(33)18-7-10-22(23(12-18)38-14-19-13-29-15-30-19)31-26(34)21(28)11-17-5-8-20(37-3)9-6-17/h5-10,12-13,15-16,21,24H,4,11,14,28H2,1-3H3,(H,29,30)(H,31,34)(H,32,33)(H,35,36)/t16-,21-,24-/m0/s1. The molecule has 0 aliphatic heterocycles. The highest BCUT2D eigenvalue weighted by atomic mass is 16.5. The minimum absolute atomic E-state index is 0.0937. The third-order valence-electron chi connectivity index (χ3n) is 6.16. The maximum Gasteiger partial charge on any atom is 0.326 e.